The van der Waals surface area contributed by atoms with Crippen LogP contribution < -0.4 is 10.0 Å². The van der Waals surface area contributed by atoms with Crippen LogP contribution in [0.15, 0.2) is 64.8 Å². The van der Waals surface area contributed by atoms with Gasteiger partial charge in [0.15, 0.2) is 5.76 Å². The Kier molecular flexibility index (Phi) is 5.77. The molecule has 12 heteroatoms. The molecule has 3 N–H and O–H groups in total. The Morgan fingerprint density at radius 1 is 1.19 bits per heavy atom. The molecule has 1 atom stereocenters. The number of primary sulfonamides is 1. The first-order chi connectivity index (χ1) is 14.6. The third-order valence-corrected chi connectivity index (χ3v) is 5.50. The van der Waals surface area contributed by atoms with Crippen LogP contribution in [0, 0.1) is 10.1 Å². The van der Waals surface area contributed by atoms with E-state index in [0.717, 1.165) is 4.90 Å². The van der Waals surface area contributed by atoms with E-state index >= 15 is 0 Å². The lowest BCUT2D eigenvalue weighted by Crippen LogP contribution is -2.31. The first-order valence-corrected chi connectivity index (χ1v) is 10.4. The molecule has 1 aliphatic rings. The normalized spacial score (nSPS) is 16.5. The topological polar surface area (TPSA) is 170 Å². The van der Waals surface area contributed by atoms with Crippen LogP contribution in [0.25, 0.3) is 0 Å². The van der Waals surface area contributed by atoms with Gasteiger partial charge in [0.25, 0.3) is 11.6 Å². The van der Waals surface area contributed by atoms with Crippen molar-refractivity contribution in [2.24, 2.45) is 5.14 Å². The van der Waals surface area contributed by atoms with Crippen molar-refractivity contribution in [1.82, 2.24) is 0 Å². The van der Waals surface area contributed by atoms with Gasteiger partial charge in [-0.15, -0.1) is 0 Å². The number of amides is 1. The Labute approximate surface area is 176 Å². The fourth-order valence-corrected chi connectivity index (χ4v) is 3.69. The Morgan fingerprint density at radius 3 is 2.26 bits per heavy atom. The van der Waals surface area contributed by atoms with Crippen molar-refractivity contribution < 1.29 is 32.8 Å². The molecule has 2 aromatic rings. The molecule has 0 unspecified atom stereocenters. The molecule has 2 aromatic carbocycles. The molecular weight excluding hydrogens is 430 g/mol. The van der Waals surface area contributed by atoms with Gasteiger partial charge in [-0.1, -0.05) is 0 Å². The van der Waals surface area contributed by atoms with E-state index in [1.165, 1.54) is 48.5 Å². The third kappa shape index (κ3) is 4.11. The number of non-ortho nitro benzene ring substituents is 1. The number of anilines is 1. The van der Waals surface area contributed by atoms with Crippen LogP contribution in [0.1, 0.15) is 18.5 Å². The number of aliphatic hydroxyl groups excluding tert-OH is 1. The monoisotopic (exact) mass is 447 g/mol. The fourth-order valence-electron chi connectivity index (χ4n) is 3.18. The molecule has 1 aliphatic heterocycles. The largest absolute Gasteiger partial charge is 0.503 e. The highest BCUT2D eigenvalue weighted by Gasteiger charge is 2.45. The number of aliphatic hydroxyl groups is 1. The number of hydrogen-bond donors (Lipinski definition) is 2. The molecule has 0 radical (unpaired) electrons. The van der Waals surface area contributed by atoms with Crippen LogP contribution >= 0.6 is 0 Å². The second kappa shape index (κ2) is 8.16. The van der Waals surface area contributed by atoms with Crippen LogP contribution in [-0.2, 0) is 24.3 Å². The van der Waals surface area contributed by atoms with Crippen molar-refractivity contribution in [2.45, 2.75) is 17.9 Å². The number of hydrogen-bond acceptors (Lipinski definition) is 8. The van der Waals surface area contributed by atoms with Gasteiger partial charge in [0, 0.05) is 17.8 Å². The van der Waals surface area contributed by atoms with E-state index in [2.05, 4.69) is 0 Å². The van der Waals surface area contributed by atoms with Gasteiger partial charge in [-0.25, -0.2) is 18.4 Å². The van der Waals surface area contributed by atoms with Gasteiger partial charge in [-0.05, 0) is 48.9 Å². The van der Waals surface area contributed by atoms with E-state index in [9.17, 15) is 33.2 Å². The van der Waals surface area contributed by atoms with Gasteiger partial charge >= 0.3 is 5.97 Å². The number of esters is 1. The van der Waals surface area contributed by atoms with Crippen LogP contribution in [-0.4, -0.2) is 36.9 Å². The first kappa shape index (κ1) is 21.9. The Hall–Kier alpha value is -3.77. The van der Waals surface area contributed by atoms with E-state index < -0.39 is 38.6 Å². The average molecular weight is 447 g/mol. The number of nitrogens with two attached hydrogens (primary N) is 1. The number of carbonyl (C=O) groups is 2. The molecule has 31 heavy (non-hydrogen) atoms. The summed E-state index contributed by atoms with van der Waals surface area (Å²) >= 11 is 0. The third-order valence-electron chi connectivity index (χ3n) is 4.57. The second-order valence-electron chi connectivity index (χ2n) is 6.45. The summed E-state index contributed by atoms with van der Waals surface area (Å²) in [6, 6.07) is 8.84. The maximum atomic E-state index is 12.8. The molecule has 0 saturated carbocycles. The van der Waals surface area contributed by atoms with Crippen LogP contribution in [0.2, 0.25) is 0 Å². The summed E-state index contributed by atoms with van der Waals surface area (Å²) in [4.78, 5) is 36.5. The van der Waals surface area contributed by atoms with E-state index in [0.29, 0.717) is 5.56 Å². The molecule has 1 heterocycles. The molecule has 11 nitrogen and oxygen atoms in total. The lowest BCUT2D eigenvalue weighted by molar-refractivity contribution is -0.384. The van der Waals surface area contributed by atoms with Crippen LogP contribution in [0.5, 0.6) is 0 Å². The number of ether oxygens (including phenoxy) is 1. The molecule has 1 amide bonds. The van der Waals surface area contributed by atoms with Crippen molar-refractivity contribution in [3.05, 3.63) is 75.5 Å². The predicted octanol–water partition coefficient (Wildman–Crippen LogP) is 1.71. The molecule has 3 rings (SSSR count). The van der Waals surface area contributed by atoms with Gasteiger partial charge in [-0.3, -0.25) is 19.8 Å². The minimum atomic E-state index is -3.98. The smallest absolute Gasteiger partial charge is 0.340 e. The van der Waals surface area contributed by atoms with Gasteiger partial charge in [0.1, 0.15) is 5.57 Å². The predicted molar refractivity (Wildman–Crippen MR) is 107 cm³/mol. The highest BCUT2D eigenvalue weighted by molar-refractivity contribution is 7.89. The van der Waals surface area contributed by atoms with Gasteiger partial charge in [0.05, 0.1) is 22.5 Å². The van der Waals surface area contributed by atoms with Crippen molar-refractivity contribution >= 4 is 33.3 Å². The number of nitrogens with zero attached hydrogens (tertiary/aromatic N) is 2. The maximum Gasteiger partial charge on any atom is 0.340 e. The van der Waals surface area contributed by atoms with Crippen molar-refractivity contribution in [2.75, 3.05) is 11.5 Å². The summed E-state index contributed by atoms with van der Waals surface area (Å²) in [5, 5.41) is 26.4. The minimum Gasteiger partial charge on any atom is -0.503 e. The van der Waals surface area contributed by atoms with Gasteiger partial charge < -0.3 is 9.84 Å². The van der Waals surface area contributed by atoms with Gasteiger partial charge in [0.2, 0.25) is 10.0 Å². The summed E-state index contributed by atoms with van der Waals surface area (Å²) in [7, 11) is -3.98. The van der Waals surface area contributed by atoms with Crippen LogP contribution in [0.4, 0.5) is 11.4 Å². The lowest BCUT2D eigenvalue weighted by atomic mass is 9.98. The highest BCUT2D eigenvalue weighted by atomic mass is 32.2. The molecular formula is C19H17N3O8S. The molecule has 162 valence electrons. The summed E-state index contributed by atoms with van der Waals surface area (Å²) in [6.07, 6.45) is 0. The summed E-state index contributed by atoms with van der Waals surface area (Å²) < 4.78 is 28.0. The second-order valence-corrected chi connectivity index (χ2v) is 8.01. The number of benzene rings is 2. The lowest BCUT2D eigenvalue weighted by Gasteiger charge is -2.26. The average Bonchev–Trinajstić information content (AvgIpc) is 2.98. The van der Waals surface area contributed by atoms with Crippen molar-refractivity contribution in [1.29, 1.82) is 0 Å². The SMILES string of the molecule is CCOC(=O)C1=C(O)C(=O)N(c2ccc(S(N)(=O)=O)cc2)[C@H]1c1ccc([N+](=O)[O-])cc1. The van der Waals surface area contributed by atoms with Gasteiger partial charge in [-0.2, -0.15) is 0 Å². The quantitative estimate of drug-likeness (QED) is 0.383. The molecule has 0 saturated heterocycles. The Bertz CT molecular complexity index is 1190. The summed E-state index contributed by atoms with van der Waals surface area (Å²) in [5.41, 5.74) is -0.0904. The fraction of sp³-hybridized carbons (Fsp3) is 0.158. The number of nitro benzene ring substituents is 1. The molecule has 0 spiro atoms. The molecule has 0 aliphatic carbocycles. The molecule has 0 fully saturated rings. The standard InChI is InChI=1S/C19H17N3O8S/c1-2-30-19(25)15-16(11-3-5-13(6-4-11)22(26)27)21(18(24)17(15)23)12-7-9-14(10-8-12)31(20,28)29/h3-10,16,23H,2H2,1H3,(H2,20,28,29)/t16-/m0/s1. The highest BCUT2D eigenvalue weighted by Crippen LogP contribution is 2.41. The van der Waals surface area contributed by atoms with Crippen molar-refractivity contribution in [3.8, 4) is 0 Å². The number of sulfonamides is 1. The van der Waals surface area contributed by atoms with Crippen molar-refractivity contribution in [3.63, 3.8) is 0 Å². The zero-order chi connectivity index (χ0) is 22.9. The first-order valence-electron chi connectivity index (χ1n) is 8.87. The molecule has 0 aromatic heterocycles. The molecule has 0 bridgehead atoms. The van der Waals surface area contributed by atoms with Crippen LogP contribution in [0.3, 0.4) is 0 Å². The van der Waals surface area contributed by atoms with E-state index in [1.807, 2.05) is 0 Å². The zero-order valence-electron chi connectivity index (χ0n) is 16.1. The Balaban J connectivity index is 2.13. The Morgan fingerprint density at radius 2 is 1.77 bits per heavy atom. The zero-order valence-corrected chi connectivity index (χ0v) is 16.9. The maximum absolute atomic E-state index is 12.8. The number of carbonyl (C=O) groups excluding carboxylic acids is 2. The summed E-state index contributed by atoms with van der Waals surface area (Å²) in [5.74, 6) is -2.69. The number of rotatable bonds is 6. The minimum absolute atomic E-state index is 0.0140. The van der Waals surface area contributed by atoms with E-state index in [-0.39, 0.29) is 28.5 Å². The van der Waals surface area contributed by atoms with E-state index in [4.69, 9.17) is 9.88 Å². The van der Waals surface area contributed by atoms with E-state index in [1.54, 1.807) is 6.92 Å². The number of nitro groups is 1. The summed E-state index contributed by atoms with van der Waals surface area (Å²) in [6.45, 7) is 1.54.